The first-order valence-electron chi connectivity index (χ1n) is 4.38. The van der Waals surface area contributed by atoms with Gasteiger partial charge in [-0.2, -0.15) is 0 Å². The van der Waals surface area contributed by atoms with Gasteiger partial charge in [-0.1, -0.05) is 36.5 Å². The number of nitrogens with zero attached hydrogens (tertiary/aromatic N) is 1. The first-order valence-corrected chi connectivity index (χ1v) is 4.38. The van der Waals surface area contributed by atoms with Gasteiger partial charge in [0.15, 0.2) is 0 Å². The van der Waals surface area contributed by atoms with Crippen molar-refractivity contribution in [3.05, 3.63) is 60.5 Å². The molecule has 0 unspecified atom stereocenters. The number of allylic oxidation sites excluding steroid dienone is 5. The molecule has 0 saturated carbocycles. The van der Waals surface area contributed by atoms with E-state index < -0.39 is 0 Å². The van der Waals surface area contributed by atoms with Gasteiger partial charge >= 0.3 is 0 Å². The molecule has 1 aromatic heterocycles. The maximum Gasteiger partial charge on any atom is 0.0273 e. The summed E-state index contributed by atoms with van der Waals surface area (Å²) in [5.74, 6) is 0.466. The monoisotopic (exact) mass is 169 g/mol. The predicted octanol–water partition coefficient (Wildman–Crippen LogP) is 2.84. The van der Waals surface area contributed by atoms with Gasteiger partial charge in [0.25, 0.3) is 0 Å². The molecule has 0 aromatic carbocycles. The van der Waals surface area contributed by atoms with Gasteiger partial charge in [-0.3, -0.25) is 4.98 Å². The van der Waals surface area contributed by atoms with Gasteiger partial charge in [-0.05, 0) is 17.7 Å². The molecule has 0 N–H and O–H groups in total. The molecule has 0 bridgehead atoms. The van der Waals surface area contributed by atoms with E-state index in [9.17, 15) is 0 Å². The molecule has 0 atom stereocenters. The molecule has 0 fully saturated rings. The number of aromatic nitrogens is 1. The molecule has 0 aliphatic heterocycles. The van der Waals surface area contributed by atoms with Crippen LogP contribution in [0.25, 0.3) is 6.08 Å². The fourth-order valence-electron chi connectivity index (χ4n) is 1.27. The molecule has 1 aliphatic carbocycles. The third-order valence-corrected chi connectivity index (χ3v) is 1.99. The van der Waals surface area contributed by atoms with Crippen molar-refractivity contribution in [3.63, 3.8) is 0 Å². The van der Waals surface area contributed by atoms with Crippen molar-refractivity contribution in [3.8, 4) is 0 Å². The van der Waals surface area contributed by atoms with Gasteiger partial charge in [0.1, 0.15) is 0 Å². The van der Waals surface area contributed by atoms with Gasteiger partial charge < -0.3 is 0 Å². The van der Waals surface area contributed by atoms with Crippen molar-refractivity contribution in [1.82, 2.24) is 4.98 Å². The second kappa shape index (κ2) is 3.85. The van der Waals surface area contributed by atoms with Crippen molar-refractivity contribution >= 4 is 6.08 Å². The van der Waals surface area contributed by atoms with E-state index in [2.05, 4.69) is 41.4 Å². The van der Waals surface area contributed by atoms with Crippen LogP contribution in [0.5, 0.6) is 0 Å². The Balaban J connectivity index is 2.05. The fourth-order valence-corrected chi connectivity index (χ4v) is 1.27. The highest BCUT2D eigenvalue weighted by atomic mass is 14.6. The summed E-state index contributed by atoms with van der Waals surface area (Å²) < 4.78 is 0. The average molecular weight is 169 g/mol. The van der Waals surface area contributed by atoms with Crippen LogP contribution < -0.4 is 0 Å². The number of hydrogen-bond acceptors (Lipinski definition) is 1. The van der Waals surface area contributed by atoms with Crippen LogP contribution in [0.3, 0.4) is 0 Å². The largest absolute Gasteiger partial charge is 0.265 e. The van der Waals surface area contributed by atoms with Crippen LogP contribution in [0.15, 0.2) is 54.9 Å². The molecule has 0 radical (unpaired) electrons. The Bertz CT molecular complexity index is 335. The molecular weight excluding hydrogens is 158 g/mol. The van der Waals surface area contributed by atoms with E-state index in [0.717, 1.165) is 0 Å². The lowest BCUT2D eigenvalue weighted by molar-refractivity contribution is 1.10. The molecule has 1 aromatic rings. The number of pyridine rings is 1. The van der Waals surface area contributed by atoms with Gasteiger partial charge in [-0.25, -0.2) is 0 Å². The van der Waals surface area contributed by atoms with Crippen LogP contribution in [0.4, 0.5) is 0 Å². The van der Waals surface area contributed by atoms with Crippen LogP contribution in [0, 0.1) is 5.92 Å². The molecule has 1 heteroatoms. The molecular formula is C12H11N. The zero-order chi connectivity index (χ0) is 8.93. The van der Waals surface area contributed by atoms with E-state index in [4.69, 9.17) is 0 Å². The maximum atomic E-state index is 3.96. The van der Waals surface area contributed by atoms with Gasteiger partial charge in [-0.15, -0.1) is 0 Å². The summed E-state index contributed by atoms with van der Waals surface area (Å²) in [5, 5.41) is 0. The predicted molar refractivity (Wildman–Crippen MR) is 55.0 cm³/mol. The SMILES string of the molecule is C1=CC(/C=C/c2ccncc2)C=C1. The Labute approximate surface area is 78.1 Å². The standard InChI is InChI=1S/C12H11N/c1-2-4-11(3-1)5-6-12-7-9-13-10-8-12/h1-11H/b6-5+. The lowest BCUT2D eigenvalue weighted by Crippen LogP contribution is -1.80. The molecule has 0 amide bonds. The van der Waals surface area contributed by atoms with Crippen molar-refractivity contribution in [1.29, 1.82) is 0 Å². The van der Waals surface area contributed by atoms with Crippen molar-refractivity contribution in [2.24, 2.45) is 5.92 Å². The Kier molecular flexibility index (Phi) is 2.37. The minimum absolute atomic E-state index is 0.466. The Morgan fingerprint density at radius 2 is 1.77 bits per heavy atom. The van der Waals surface area contributed by atoms with E-state index in [1.807, 2.05) is 12.1 Å². The molecule has 1 aliphatic rings. The van der Waals surface area contributed by atoms with Gasteiger partial charge in [0, 0.05) is 18.3 Å². The minimum Gasteiger partial charge on any atom is -0.265 e. The van der Waals surface area contributed by atoms with Gasteiger partial charge in [0.05, 0.1) is 0 Å². The Morgan fingerprint density at radius 3 is 2.46 bits per heavy atom. The zero-order valence-electron chi connectivity index (χ0n) is 7.30. The number of hydrogen-bond donors (Lipinski definition) is 0. The highest BCUT2D eigenvalue weighted by molar-refractivity contribution is 5.49. The third kappa shape index (κ3) is 2.15. The Morgan fingerprint density at radius 1 is 1.08 bits per heavy atom. The third-order valence-electron chi connectivity index (χ3n) is 1.99. The quantitative estimate of drug-likeness (QED) is 0.663. The topological polar surface area (TPSA) is 12.9 Å². The normalized spacial score (nSPS) is 16.0. The molecule has 1 nitrogen and oxygen atoms in total. The van der Waals surface area contributed by atoms with E-state index >= 15 is 0 Å². The molecule has 2 rings (SSSR count). The first-order chi connectivity index (χ1) is 6.45. The lowest BCUT2D eigenvalue weighted by Gasteiger charge is -1.95. The summed E-state index contributed by atoms with van der Waals surface area (Å²) in [5.41, 5.74) is 1.20. The van der Waals surface area contributed by atoms with E-state index in [-0.39, 0.29) is 0 Å². The van der Waals surface area contributed by atoms with Crippen LogP contribution in [0.2, 0.25) is 0 Å². The smallest absolute Gasteiger partial charge is 0.0273 e. The van der Waals surface area contributed by atoms with Crippen LogP contribution in [0.1, 0.15) is 5.56 Å². The van der Waals surface area contributed by atoms with Gasteiger partial charge in [0.2, 0.25) is 0 Å². The average Bonchev–Trinajstić information content (AvgIpc) is 2.69. The summed E-state index contributed by atoms with van der Waals surface area (Å²) >= 11 is 0. The summed E-state index contributed by atoms with van der Waals surface area (Å²) in [6.07, 6.45) is 16.4. The lowest BCUT2D eigenvalue weighted by atomic mass is 10.1. The summed E-state index contributed by atoms with van der Waals surface area (Å²) in [4.78, 5) is 3.96. The van der Waals surface area contributed by atoms with Crippen molar-refractivity contribution in [2.45, 2.75) is 0 Å². The number of rotatable bonds is 2. The van der Waals surface area contributed by atoms with Crippen LogP contribution in [-0.2, 0) is 0 Å². The highest BCUT2D eigenvalue weighted by Gasteiger charge is 1.96. The minimum atomic E-state index is 0.466. The van der Waals surface area contributed by atoms with E-state index in [1.54, 1.807) is 12.4 Å². The summed E-state index contributed by atoms with van der Waals surface area (Å²) in [6, 6.07) is 4.00. The molecule has 1 heterocycles. The second-order valence-electron chi connectivity index (χ2n) is 2.99. The highest BCUT2D eigenvalue weighted by Crippen LogP contribution is 2.12. The molecule has 13 heavy (non-hydrogen) atoms. The van der Waals surface area contributed by atoms with E-state index in [0.29, 0.717) is 5.92 Å². The molecule has 0 spiro atoms. The van der Waals surface area contributed by atoms with Crippen molar-refractivity contribution in [2.75, 3.05) is 0 Å². The van der Waals surface area contributed by atoms with Crippen LogP contribution in [-0.4, -0.2) is 4.98 Å². The summed E-state index contributed by atoms with van der Waals surface area (Å²) in [6.45, 7) is 0. The first kappa shape index (κ1) is 7.99. The molecule has 64 valence electrons. The van der Waals surface area contributed by atoms with Crippen molar-refractivity contribution < 1.29 is 0 Å². The summed E-state index contributed by atoms with van der Waals surface area (Å²) in [7, 11) is 0. The maximum absolute atomic E-state index is 3.96. The van der Waals surface area contributed by atoms with Crippen LogP contribution >= 0.6 is 0 Å². The Hall–Kier alpha value is -1.63. The zero-order valence-corrected chi connectivity index (χ0v) is 7.30. The molecule has 0 saturated heterocycles. The fraction of sp³-hybridized carbons (Fsp3) is 0.0833. The second-order valence-corrected chi connectivity index (χ2v) is 2.99. The van der Waals surface area contributed by atoms with E-state index in [1.165, 1.54) is 5.56 Å².